The van der Waals surface area contributed by atoms with Crippen molar-refractivity contribution in [2.45, 2.75) is 46.0 Å². The van der Waals surface area contributed by atoms with E-state index in [1.165, 1.54) is 32.3 Å². The van der Waals surface area contributed by atoms with Gasteiger partial charge in [0.25, 0.3) is 5.71 Å². The summed E-state index contributed by atoms with van der Waals surface area (Å²) in [6.07, 6.45) is 6.88. The molecule has 2 aromatic heterocycles. The molecule has 4 rings (SSSR count). The van der Waals surface area contributed by atoms with Gasteiger partial charge in [-0.25, -0.2) is 4.98 Å². The molecule has 158 valence electrons. The molecule has 2 aromatic rings. The molecular formula is C21H32N6O2. The maximum Gasteiger partial charge on any atom is 0.263 e. The van der Waals surface area contributed by atoms with Crippen molar-refractivity contribution < 1.29 is 9.32 Å². The van der Waals surface area contributed by atoms with Crippen LogP contribution in [0.1, 0.15) is 44.7 Å². The van der Waals surface area contributed by atoms with Gasteiger partial charge in [-0.05, 0) is 58.0 Å². The highest BCUT2D eigenvalue weighted by molar-refractivity contribution is 5.88. The second kappa shape index (κ2) is 9.07. The number of nitrogens with zero attached hydrogens (tertiary/aromatic N) is 5. The maximum atomic E-state index is 12.6. The van der Waals surface area contributed by atoms with Gasteiger partial charge >= 0.3 is 0 Å². The van der Waals surface area contributed by atoms with Crippen molar-refractivity contribution in [3.63, 3.8) is 0 Å². The van der Waals surface area contributed by atoms with Crippen LogP contribution in [0.5, 0.6) is 0 Å². The summed E-state index contributed by atoms with van der Waals surface area (Å²) in [5, 5.41) is 8.04. The molecule has 2 aliphatic heterocycles. The van der Waals surface area contributed by atoms with Crippen molar-refractivity contribution in [3.8, 4) is 0 Å². The average Bonchev–Trinajstić information content (AvgIpc) is 3.12. The largest absolute Gasteiger partial charge is 0.356 e. The third-order valence-corrected chi connectivity index (χ3v) is 6.28. The van der Waals surface area contributed by atoms with Gasteiger partial charge in [0.1, 0.15) is 17.5 Å². The Bertz CT molecular complexity index is 830. The standard InChI is InChI=1S/C21H32N6O2/c1-15-5-3-9-26(13-15)10-4-8-22-20(28)17-6-11-27(12-7-17)19-18-16(2)25-29-21(18)24-14-23-19/h14-15,17H,3-13H2,1-2H3,(H,22,28)/t15-/m1/s1. The van der Waals surface area contributed by atoms with Gasteiger partial charge in [0.2, 0.25) is 5.91 Å². The Balaban J connectivity index is 1.22. The normalized spacial score (nSPS) is 21.6. The number of carbonyl (C=O) groups excluding carboxylic acids is 1. The zero-order valence-electron chi connectivity index (χ0n) is 17.6. The number of amides is 1. The summed E-state index contributed by atoms with van der Waals surface area (Å²) >= 11 is 0. The first-order valence-corrected chi connectivity index (χ1v) is 10.9. The quantitative estimate of drug-likeness (QED) is 0.745. The van der Waals surface area contributed by atoms with E-state index >= 15 is 0 Å². The molecule has 0 aromatic carbocycles. The monoisotopic (exact) mass is 400 g/mol. The van der Waals surface area contributed by atoms with Gasteiger partial charge in [0, 0.05) is 32.1 Å². The Hall–Kier alpha value is -2.22. The van der Waals surface area contributed by atoms with Crippen LogP contribution in [-0.2, 0) is 4.79 Å². The predicted octanol–water partition coefficient (Wildman–Crippen LogP) is 2.38. The first-order chi connectivity index (χ1) is 14.1. The molecule has 8 nitrogen and oxygen atoms in total. The summed E-state index contributed by atoms with van der Waals surface area (Å²) in [4.78, 5) is 25.9. The van der Waals surface area contributed by atoms with Crippen LogP contribution in [-0.4, -0.2) is 65.2 Å². The summed E-state index contributed by atoms with van der Waals surface area (Å²) in [6.45, 7) is 10.1. The number of nitrogens with one attached hydrogen (secondary N) is 1. The van der Waals surface area contributed by atoms with Gasteiger partial charge in [-0.3, -0.25) is 4.79 Å². The van der Waals surface area contributed by atoms with E-state index in [0.717, 1.165) is 68.3 Å². The van der Waals surface area contributed by atoms with Crippen LogP contribution in [0.15, 0.2) is 10.9 Å². The van der Waals surface area contributed by atoms with Gasteiger partial charge in [-0.15, -0.1) is 0 Å². The number of fused-ring (bicyclic) bond motifs is 1. The lowest BCUT2D eigenvalue weighted by molar-refractivity contribution is -0.125. The van der Waals surface area contributed by atoms with Crippen LogP contribution in [0.25, 0.3) is 11.1 Å². The fraction of sp³-hybridized carbons (Fsp3) is 0.714. The van der Waals surface area contributed by atoms with Crippen molar-refractivity contribution in [1.82, 2.24) is 25.3 Å². The molecule has 0 radical (unpaired) electrons. The van der Waals surface area contributed by atoms with E-state index in [1.54, 1.807) is 0 Å². The number of aromatic nitrogens is 3. The molecule has 0 aliphatic carbocycles. The van der Waals surface area contributed by atoms with Gasteiger partial charge in [0.05, 0.1) is 5.69 Å². The Morgan fingerprint density at radius 1 is 1.24 bits per heavy atom. The molecule has 0 saturated carbocycles. The molecule has 1 atom stereocenters. The minimum Gasteiger partial charge on any atom is -0.356 e. The number of hydrogen-bond acceptors (Lipinski definition) is 7. The van der Waals surface area contributed by atoms with Crippen LogP contribution in [0.4, 0.5) is 5.82 Å². The number of likely N-dealkylation sites (tertiary alicyclic amines) is 1. The van der Waals surface area contributed by atoms with E-state index in [4.69, 9.17) is 4.52 Å². The van der Waals surface area contributed by atoms with Crippen molar-refractivity contribution in [1.29, 1.82) is 0 Å². The summed E-state index contributed by atoms with van der Waals surface area (Å²) in [5.41, 5.74) is 1.33. The fourth-order valence-electron chi connectivity index (χ4n) is 4.65. The topological polar surface area (TPSA) is 87.4 Å². The van der Waals surface area contributed by atoms with E-state index in [2.05, 4.69) is 37.2 Å². The van der Waals surface area contributed by atoms with Crippen molar-refractivity contribution in [2.24, 2.45) is 11.8 Å². The summed E-state index contributed by atoms with van der Waals surface area (Å²) in [7, 11) is 0. The molecule has 2 fully saturated rings. The molecule has 29 heavy (non-hydrogen) atoms. The Morgan fingerprint density at radius 3 is 2.86 bits per heavy atom. The molecule has 1 N–H and O–H groups in total. The summed E-state index contributed by atoms with van der Waals surface area (Å²) < 4.78 is 5.25. The highest BCUT2D eigenvalue weighted by atomic mass is 16.5. The molecular weight excluding hydrogens is 368 g/mol. The first kappa shape index (κ1) is 20.1. The SMILES string of the molecule is Cc1noc2ncnc(N3CCC(C(=O)NCCCN4CCC[C@@H](C)C4)CC3)c12. The molecule has 2 aliphatic rings. The number of anilines is 1. The van der Waals surface area contributed by atoms with Crippen LogP contribution in [0.3, 0.4) is 0 Å². The maximum absolute atomic E-state index is 12.6. The first-order valence-electron chi connectivity index (χ1n) is 10.9. The lowest BCUT2D eigenvalue weighted by Gasteiger charge is -2.32. The van der Waals surface area contributed by atoms with Crippen LogP contribution < -0.4 is 10.2 Å². The van der Waals surface area contributed by atoms with Gasteiger partial charge < -0.3 is 19.6 Å². The summed E-state index contributed by atoms with van der Waals surface area (Å²) in [6, 6.07) is 0. The van der Waals surface area contributed by atoms with Crippen molar-refractivity contribution in [3.05, 3.63) is 12.0 Å². The summed E-state index contributed by atoms with van der Waals surface area (Å²) in [5.74, 6) is 1.96. The molecule has 0 unspecified atom stereocenters. The predicted molar refractivity (Wildman–Crippen MR) is 112 cm³/mol. The average molecular weight is 401 g/mol. The molecule has 0 spiro atoms. The second-order valence-electron chi connectivity index (χ2n) is 8.60. The molecule has 4 heterocycles. The smallest absolute Gasteiger partial charge is 0.263 e. The third kappa shape index (κ3) is 4.69. The highest BCUT2D eigenvalue weighted by Crippen LogP contribution is 2.29. The number of hydrogen-bond donors (Lipinski definition) is 1. The lowest BCUT2D eigenvalue weighted by atomic mass is 9.95. The minimum absolute atomic E-state index is 0.0853. The van der Waals surface area contributed by atoms with E-state index in [0.29, 0.717) is 5.71 Å². The van der Waals surface area contributed by atoms with Gasteiger partial charge in [-0.2, -0.15) is 4.98 Å². The Morgan fingerprint density at radius 2 is 2.07 bits per heavy atom. The van der Waals surface area contributed by atoms with Crippen LogP contribution in [0, 0.1) is 18.8 Å². The zero-order valence-corrected chi connectivity index (χ0v) is 17.6. The van der Waals surface area contributed by atoms with Gasteiger partial charge in [0.15, 0.2) is 0 Å². The fourth-order valence-corrected chi connectivity index (χ4v) is 4.65. The van der Waals surface area contributed by atoms with Crippen molar-refractivity contribution in [2.75, 3.05) is 44.2 Å². The van der Waals surface area contributed by atoms with E-state index in [9.17, 15) is 4.79 Å². The molecule has 2 saturated heterocycles. The minimum atomic E-state index is 0.0853. The van der Waals surface area contributed by atoms with Crippen LogP contribution >= 0.6 is 0 Å². The van der Waals surface area contributed by atoms with E-state index in [-0.39, 0.29) is 11.8 Å². The molecule has 0 bridgehead atoms. The van der Waals surface area contributed by atoms with Crippen LogP contribution in [0.2, 0.25) is 0 Å². The number of rotatable bonds is 6. The van der Waals surface area contributed by atoms with Gasteiger partial charge in [-0.1, -0.05) is 12.1 Å². The van der Waals surface area contributed by atoms with Crippen molar-refractivity contribution >= 4 is 22.8 Å². The number of piperidine rings is 2. The number of carbonyl (C=O) groups is 1. The Kier molecular flexibility index (Phi) is 6.28. The van der Waals surface area contributed by atoms with E-state index in [1.807, 2.05) is 6.92 Å². The highest BCUT2D eigenvalue weighted by Gasteiger charge is 2.27. The lowest BCUT2D eigenvalue weighted by Crippen LogP contribution is -2.42. The molecule has 8 heteroatoms. The third-order valence-electron chi connectivity index (χ3n) is 6.28. The Labute approximate surface area is 172 Å². The van der Waals surface area contributed by atoms with E-state index < -0.39 is 0 Å². The zero-order chi connectivity index (χ0) is 20.2. The molecule has 1 amide bonds. The number of aryl methyl sites for hydroxylation is 1. The second-order valence-corrected chi connectivity index (χ2v) is 8.60.